The Morgan fingerprint density at radius 2 is 2.09 bits per heavy atom. The highest BCUT2D eigenvalue weighted by Crippen LogP contribution is 2.28. The van der Waals surface area contributed by atoms with E-state index in [0.717, 1.165) is 6.26 Å². The second-order valence-electron chi connectivity index (χ2n) is 4.63. The number of fused-ring (bicyclic) bond motifs is 1. The first-order valence-corrected chi connectivity index (χ1v) is 8.85. The van der Waals surface area contributed by atoms with Crippen molar-refractivity contribution in [1.82, 2.24) is 20.4 Å². The predicted molar refractivity (Wildman–Crippen MR) is 81.8 cm³/mol. The summed E-state index contributed by atoms with van der Waals surface area (Å²) in [7, 11) is -3.28. The summed E-state index contributed by atoms with van der Waals surface area (Å²) < 4.78 is 23.8. The van der Waals surface area contributed by atoms with Gasteiger partial charge in [-0.3, -0.25) is 10.1 Å². The number of rotatable bonds is 3. The topological polar surface area (TPSA) is 118 Å². The standard InChI is InChI=1S/C12H11N5O3S2/c1-6-10(16-17-15-6)11(18)14-12-13-8-4-3-7(22(2,19)20)5-9(8)21-12/h3-5H,1-2H3,(H,13,14,18)(H,15,16,17). The van der Waals surface area contributed by atoms with Gasteiger partial charge >= 0.3 is 0 Å². The molecule has 2 aromatic heterocycles. The van der Waals surface area contributed by atoms with Crippen molar-refractivity contribution in [3.05, 3.63) is 29.6 Å². The first-order chi connectivity index (χ1) is 10.3. The van der Waals surface area contributed by atoms with Gasteiger partial charge in [0.05, 0.1) is 20.8 Å². The third-order valence-corrected chi connectivity index (χ3v) is 4.99. The molecule has 1 amide bonds. The Hall–Kier alpha value is -2.33. The Kier molecular flexibility index (Phi) is 3.41. The first-order valence-electron chi connectivity index (χ1n) is 6.14. The number of hydrogen-bond acceptors (Lipinski definition) is 7. The fourth-order valence-electron chi connectivity index (χ4n) is 1.84. The van der Waals surface area contributed by atoms with Crippen molar-refractivity contribution in [1.29, 1.82) is 0 Å². The summed E-state index contributed by atoms with van der Waals surface area (Å²) in [6.45, 7) is 1.66. The lowest BCUT2D eigenvalue weighted by Crippen LogP contribution is -2.13. The summed E-state index contributed by atoms with van der Waals surface area (Å²) in [6, 6.07) is 4.64. The Bertz CT molecular complexity index is 974. The van der Waals surface area contributed by atoms with Crippen LogP contribution in [-0.4, -0.2) is 41.0 Å². The highest BCUT2D eigenvalue weighted by Gasteiger charge is 2.16. The molecule has 3 aromatic rings. The maximum absolute atomic E-state index is 12.0. The monoisotopic (exact) mass is 337 g/mol. The minimum absolute atomic E-state index is 0.191. The third-order valence-electron chi connectivity index (χ3n) is 2.95. The number of H-pyrrole nitrogens is 1. The summed E-state index contributed by atoms with van der Waals surface area (Å²) in [5, 5.41) is 12.9. The number of amides is 1. The van der Waals surface area contributed by atoms with E-state index in [1.807, 2.05) is 0 Å². The van der Waals surface area contributed by atoms with Crippen LogP contribution in [0.1, 0.15) is 16.2 Å². The van der Waals surface area contributed by atoms with E-state index < -0.39 is 15.7 Å². The van der Waals surface area contributed by atoms with Gasteiger partial charge in [-0.15, -0.1) is 0 Å². The molecule has 0 saturated carbocycles. The molecule has 114 valence electrons. The highest BCUT2D eigenvalue weighted by atomic mass is 32.2. The Morgan fingerprint density at radius 3 is 2.73 bits per heavy atom. The quantitative estimate of drug-likeness (QED) is 0.745. The maximum Gasteiger partial charge on any atom is 0.279 e. The zero-order valence-electron chi connectivity index (χ0n) is 11.6. The van der Waals surface area contributed by atoms with E-state index in [1.54, 1.807) is 19.1 Å². The van der Waals surface area contributed by atoms with Gasteiger partial charge in [0, 0.05) is 6.26 Å². The number of benzene rings is 1. The number of hydrogen-bond donors (Lipinski definition) is 2. The average molecular weight is 337 g/mol. The van der Waals surface area contributed by atoms with Crippen LogP contribution in [0, 0.1) is 6.92 Å². The van der Waals surface area contributed by atoms with Gasteiger partial charge in [0.1, 0.15) is 0 Å². The van der Waals surface area contributed by atoms with E-state index in [-0.39, 0.29) is 10.6 Å². The minimum Gasteiger partial charge on any atom is -0.296 e. The fraction of sp³-hybridized carbons (Fsp3) is 0.167. The van der Waals surface area contributed by atoms with Crippen molar-refractivity contribution < 1.29 is 13.2 Å². The lowest BCUT2D eigenvalue weighted by Gasteiger charge is -1.97. The molecule has 0 saturated heterocycles. The van der Waals surface area contributed by atoms with E-state index in [9.17, 15) is 13.2 Å². The number of nitrogens with one attached hydrogen (secondary N) is 2. The number of thiazole rings is 1. The van der Waals surface area contributed by atoms with Gasteiger partial charge in [-0.25, -0.2) is 13.4 Å². The third kappa shape index (κ3) is 2.70. The molecule has 10 heteroatoms. The lowest BCUT2D eigenvalue weighted by atomic mass is 10.3. The smallest absolute Gasteiger partial charge is 0.279 e. The average Bonchev–Trinajstić information content (AvgIpc) is 3.01. The number of anilines is 1. The van der Waals surface area contributed by atoms with Crippen molar-refractivity contribution in [3.63, 3.8) is 0 Å². The van der Waals surface area contributed by atoms with Crippen molar-refractivity contribution in [2.24, 2.45) is 0 Å². The molecule has 0 unspecified atom stereocenters. The molecule has 3 rings (SSSR count). The molecule has 2 heterocycles. The van der Waals surface area contributed by atoms with Crippen LogP contribution >= 0.6 is 11.3 Å². The molecule has 0 aliphatic carbocycles. The molecule has 2 N–H and O–H groups in total. The molecule has 0 aliphatic heterocycles. The fourth-order valence-corrected chi connectivity index (χ4v) is 3.47. The van der Waals surface area contributed by atoms with Gasteiger partial charge in [0.2, 0.25) is 0 Å². The van der Waals surface area contributed by atoms with Gasteiger partial charge in [0.25, 0.3) is 5.91 Å². The predicted octanol–water partition coefficient (Wildman–Crippen LogP) is 1.38. The maximum atomic E-state index is 12.0. The van der Waals surface area contributed by atoms with Gasteiger partial charge in [0.15, 0.2) is 20.7 Å². The van der Waals surface area contributed by atoms with Crippen LogP contribution < -0.4 is 5.32 Å². The minimum atomic E-state index is -3.28. The number of aromatic amines is 1. The van der Waals surface area contributed by atoms with Gasteiger partial charge in [-0.2, -0.15) is 15.4 Å². The number of carbonyl (C=O) groups is 1. The summed E-state index contributed by atoms with van der Waals surface area (Å²) in [5.41, 5.74) is 1.29. The molecule has 1 aromatic carbocycles. The normalized spacial score (nSPS) is 11.7. The van der Waals surface area contributed by atoms with Gasteiger partial charge in [-0.1, -0.05) is 11.3 Å². The Labute approximate surface area is 129 Å². The summed E-state index contributed by atoms with van der Waals surface area (Å²) in [6.07, 6.45) is 1.14. The van der Waals surface area contributed by atoms with E-state index in [2.05, 4.69) is 25.7 Å². The summed E-state index contributed by atoms with van der Waals surface area (Å²) >= 11 is 1.19. The summed E-state index contributed by atoms with van der Waals surface area (Å²) in [4.78, 5) is 16.5. The molecule has 0 radical (unpaired) electrons. The van der Waals surface area contributed by atoms with Crippen LogP contribution in [-0.2, 0) is 9.84 Å². The molecular formula is C12H11N5O3S2. The van der Waals surface area contributed by atoms with Crippen LogP contribution in [0.3, 0.4) is 0 Å². The summed E-state index contributed by atoms with van der Waals surface area (Å²) in [5.74, 6) is -0.423. The molecular weight excluding hydrogens is 326 g/mol. The molecule has 0 bridgehead atoms. The largest absolute Gasteiger partial charge is 0.296 e. The van der Waals surface area contributed by atoms with Crippen LogP contribution in [0.5, 0.6) is 0 Å². The molecule has 0 aliphatic rings. The number of sulfone groups is 1. The Morgan fingerprint density at radius 1 is 1.32 bits per heavy atom. The molecule has 8 nitrogen and oxygen atoms in total. The lowest BCUT2D eigenvalue weighted by molar-refractivity contribution is 0.102. The number of aromatic nitrogens is 4. The SMILES string of the molecule is Cc1n[nH]nc1C(=O)Nc1nc2ccc(S(C)(=O)=O)cc2s1. The second-order valence-corrected chi connectivity index (χ2v) is 7.68. The van der Waals surface area contributed by atoms with E-state index in [4.69, 9.17) is 0 Å². The number of nitrogens with zero attached hydrogens (tertiary/aromatic N) is 3. The first kappa shape index (κ1) is 14.6. The molecule has 22 heavy (non-hydrogen) atoms. The van der Waals surface area contributed by atoms with Crippen LogP contribution in [0.2, 0.25) is 0 Å². The van der Waals surface area contributed by atoms with E-state index in [0.29, 0.717) is 21.0 Å². The van der Waals surface area contributed by atoms with Gasteiger partial charge < -0.3 is 0 Å². The molecule has 0 spiro atoms. The number of aryl methyl sites for hydroxylation is 1. The molecule has 0 atom stereocenters. The van der Waals surface area contributed by atoms with Gasteiger partial charge in [-0.05, 0) is 25.1 Å². The van der Waals surface area contributed by atoms with Crippen molar-refractivity contribution >= 4 is 42.4 Å². The zero-order chi connectivity index (χ0) is 15.9. The van der Waals surface area contributed by atoms with Crippen LogP contribution in [0.15, 0.2) is 23.1 Å². The van der Waals surface area contributed by atoms with Crippen molar-refractivity contribution in [2.75, 3.05) is 11.6 Å². The van der Waals surface area contributed by atoms with E-state index in [1.165, 1.54) is 17.4 Å². The zero-order valence-corrected chi connectivity index (χ0v) is 13.2. The second kappa shape index (κ2) is 5.14. The van der Waals surface area contributed by atoms with E-state index >= 15 is 0 Å². The Balaban J connectivity index is 1.93. The van der Waals surface area contributed by atoms with Crippen LogP contribution in [0.25, 0.3) is 10.2 Å². The van der Waals surface area contributed by atoms with Crippen LogP contribution in [0.4, 0.5) is 5.13 Å². The highest BCUT2D eigenvalue weighted by molar-refractivity contribution is 7.90. The van der Waals surface area contributed by atoms with Crippen molar-refractivity contribution in [3.8, 4) is 0 Å². The van der Waals surface area contributed by atoms with Crippen molar-refractivity contribution in [2.45, 2.75) is 11.8 Å². The number of carbonyl (C=O) groups excluding carboxylic acids is 1. The molecule has 0 fully saturated rings.